The van der Waals surface area contributed by atoms with Crippen molar-refractivity contribution in [1.29, 1.82) is 0 Å². The highest BCUT2D eigenvalue weighted by Crippen LogP contribution is 2.15. The van der Waals surface area contributed by atoms with Crippen LogP contribution in [0.3, 0.4) is 0 Å². The zero-order valence-electron chi connectivity index (χ0n) is 12.5. The van der Waals surface area contributed by atoms with Gasteiger partial charge in [-0.1, -0.05) is 12.1 Å². The van der Waals surface area contributed by atoms with Crippen LogP contribution in [0, 0.1) is 12.8 Å². The summed E-state index contributed by atoms with van der Waals surface area (Å²) in [7, 11) is 0. The van der Waals surface area contributed by atoms with E-state index in [0.717, 1.165) is 32.0 Å². The molecule has 1 aliphatic rings. The second kappa shape index (κ2) is 6.83. The Bertz CT molecular complexity index is 562. The second-order valence-corrected chi connectivity index (χ2v) is 5.67. The molecule has 0 bridgehead atoms. The smallest absolute Gasteiger partial charge is 0.138 e. The molecule has 112 valence electrons. The molecule has 1 unspecified atom stereocenters. The fourth-order valence-corrected chi connectivity index (χ4v) is 2.81. The summed E-state index contributed by atoms with van der Waals surface area (Å²) in [4.78, 5) is 3.99. The van der Waals surface area contributed by atoms with Crippen molar-refractivity contribution >= 4 is 0 Å². The molecule has 0 aliphatic carbocycles. The van der Waals surface area contributed by atoms with Gasteiger partial charge in [0.25, 0.3) is 0 Å². The topological polar surface area (TPSA) is 52.0 Å². The van der Waals surface area contributed by atoms with E-state index in [1.807, 2.05) is 0 Å². The molecular weight excluding hydrogens is 264 g/mol. The molecule has 0 amide bonds. The van der Waals surface area contributed by atoms with Gasteiger partial charge in [0, 0.05) is 19.7 Å². The average molecular weight is 286 g/mol. The maximum Gasteiger partial charge on any atom is 0.138 e. The summed E-state index contributed by atoms with van der Waals surface area (Å²) >= 11 is 0. The summed E-state index contributed by atoms with van der Waals surface area (Å²) in [5.74, 6) is 0.661. The van der Waals surface area contributed by atoms with Crippen LogP contribution in [0.4, 0.5) is 0 Å². The quantitative estimate of drug-likeness (QED) is 0.914. The van der Waals surface area contributed by atoms with E-state index >= 15 is 0 Å². The molecule has 1 N–H and O–H groups in total. The monoisotopic (exact) mass is 286 g/mol. The maximum atomic E-state index is 5.51. The summed E-state index contributed by atoms with van der Waals surface area (Å²) in [6.07, 6.45) is 5.75. The van der Waals surface area contributed by atoms with Gasteiger partial charge < -0.3 is 10.1 Å². The van der Waals surface area contributed by atoms with Gasteiger partial charge in [-0.15, -0.1) is 0 Å². The fourth-order valence-electron chi connectivity index (χ4n) is 2.81. The van der Waals surface area contributed by atoms with E-state index < -0.39 is 0 Å². The molecule has 0 spiro atoms. The predicted octanol–water partition coefficient (Wildman–Crippen LogP) is 2.09. The summed E-state index contributed by atoms with van der Waals surface area (Å²) in [6.45, 7) is 5.87. The van der Waals surface area contributed by atoms with Crippen molar-refractivity contribution in [1.82, 2.24) is 20.1 Å². The van der Waals surface area contributed by atoms with Gasteiger partial charge in [0.05, 0.1) is 12.3 Å². The minimum atomic E-state index is 0.661. The minimum absolute atomic E-state index is 0.661. The Labute approximate surface area is 125 Å². The Morgan fingerprint density at radius 1 is 1.43 bits per heavy atom. The van der Waals surface area contributed by atoms with Gasteiger partial charge in [-0.2, -0.15) is 5.10 Å². The highest BCUT2D eigenvalue weighted by Gasteiger charge is 2.13. The molecule has 1 aromatic carbocycles. The van der Waals surface area contributed by atoms with Crippen LogP contribution in [0.2, 0.25) is 0 Å². The van der Waals surface area contributed by atoms with Crippen LogP contribution in [-0.4, -0.2) is 34.5 Å². The van der Waals surface area contributed by atoms with Crippen LogP contribution in [0.5, 0.6) is 0 Å². The van der Waals surface area contributed by atoms with Gasteiger partial charge in [0.2, 0.25) is 0 Å². The summed E-state index contributed by atoms with van der Waals surface area (Å²) < 4.78 is 7.30. The molecule has 0 radical (unpaired) electrons. The third kappa shape index (κ3) is 3.68. The summed E-state index contributed by atoms with van der Waals surface area (Å²) in [5, 5.41) is 7.71. The van der Waals surface area contributed by atoms with Crippen LogP contribution in [0.1, 0.15) is 24.0 Å². The number of hydrogen-bond donors (Lipinski definition) is 1. The molecule has 1 fully saturated rings. The zero-order valence-corrected chi connectivity index (χ0v) is 12.5. The van der Waals surface area contributed by atoms with Crippen LogP contribution < -0.4 is 5.32 Å². The lowest BCUT2D eigenvalue weighted by atomic mass is 10.0. The summed E-state index contributed by atoms with van der Waals surface area (Å²) in [6, 6.07) is 6.46. The number of aryl methyl sites for hydroxylation is 1. The minimum Gasteiger partial charge on any atom is -0.381 e. The van der Waals surface area contributed by atoms with Crippen LogP contribution in [0.25, 0.3) is 5.69 Å². The van der Waals surface area contributed by atoms with E-state index in [1.165, 1.54) is 24.0 Å². The van der Waals surface area contributed by atoms with Gasteiger partial charge >= 0.3 is 0 Å². The third-order valence-corrected chi connectivity index (χ3v) is 3.94. The van der Waals surface area contributed by atoms with Gasteiger partial charge in [-0.3, -0.25) is 0 Å². The molecule has 0 saturated carbocycles. The van der Waals surface area contributed by atoms with Crippen LogP contribution in [-0.2, 0) is 11.3 Å². The predicted molar refractivity (Wildman–Crippen MR) is 81.3 cm³/mol. The van der Waals surface area contributed by atoms with E-state index in [9.17, 15) is 0 Å². The number of aromatic nitrogens is 3. The molecule has 3 rings (SSSR count). The molecule has 5 heteroatoms. The van der Waals surface area contributed by atoms with Crippen molar-refractivity contribution in [2.45, 2.75) is 26.3 Å². The molecule has 5 nitrogen and oxygen atoms in total. The first-order valence-corrected chi connectivity index (χ1v) is 7.56. The molecule has 21 heavy (non-hydrogen) atoms. The highest BCUT2D eigenvalue weighted by atomic mass is 16.5. The van der Waals surface area contributed by atoms with Gasteiger partial charge in [-0.25, -0.2) is 9.67 Å². The zero-order chi connectivity index (χ0) is 14.5. The number of rotatable bonds is 5. The first-order chi connectivity index (χ1) is 10.3. The lowest BCUT2D eigenvalue weighted by Gasteiger charge is -2.22. The van der Waals surface area contributed by atoms with Crippen molar-refractivity contribution in [3.63, 3.8) is 0 Å². The van der Waals surface area contributed by atoms with E-state index in [1.54, 1.807) is 17.3 Å². The molecule has 1 aromatic heterocycles. The average Bonchev–Trinajstić information content (AvgIpc) is 3.02. The summed E-state index contributed by atoms with van der Waals surface area (Å²) in [5.41, 5.74) is 3.59. The molecule has 1 aliphatic heterocycles. The Hall–Kier alpha value is -1.72. The Balaban J connectivity index is 1.55. The van der Waals surface area contributed by atoms with Crippen molar-refractivity contribution in [2.75, 3.05) is 19.8 Å². The number of benzene rings is 1. The molecular formula is C16H22N4O. The van der Waals surface area contributed by atoms with Crippen molar-refractivity contribution in [3.8, 4) is 5.69 Å². The van der Waals surface area contributed by atoms with Gasteiger partial charge in [0.15, 0.2) is 0 Å². The van der Waals surface area contributed by atoms with E-state index in [4.69, 9.17) is 4.74 Å². The number of ether oxygens (including phenoxy) is 1. The van der Waals surface area contributed by atoms with Gasteiger partial charge in [0.1, 0.15) is 12.7 Å². The van der Waals surface area contributed by atoms with E-state index in [0.29, 0.717) is 5.92 Å². The van der Waals surface area contributed by atoms with E-state index in [-0.39, 0.29) is 0 Å². The second-order valence-electron chi connectivity index (χ2n) is 5.67. The lowest BCUT2D eigenvalue weighted by Crippen LogP contribution is -2.28. The Morgan fingerprint density at radius 2 is 2.38 bits per heavy atom. The number of nitrogens with one attached hydrogen (secondary N) is 1. The normalized spacial score (nSPS) is 18.8. The van der Waals surface area contributed by atoms with Crippen molar-refractivity contribution < 1.29 is 4.74 Å². The SMILES string of the molecule is Cc1cc(CNCC2CCCOC2)ccc1-n1cncn1. The maximum absolute atomic E-state index is 5.51. The van der Waals surface area contributed by atoms with Crippen LogP contribution >= 0.6 is 0 Å². The van der Waals surface area contributed by atoms with Crippen molar-refractivity contribution in [2.24, 2.45) is 5.92 Å². The third-order valence-electron chi connectivity index (χ3n) is 3.94. The lowest BCUT2D eigenvalue weighted by molar-refractivity contribution is 0.0547. The molecule has 2 aromatic rings. The van der Waals surface area contributed by atoms with E-state index in [2.05, 4.69) is 40.5 Å². The highest BCUT2D eigenvalue weighted by molar-refractivity contribution is 5.41. The molecule has 2 heterocycles. The van der Waals surface area contributed by atoms with Crippen LogP contribution in [0.15, 0.2) is 30.9 Å². The Kier molecular flexibility index (Phi) is 4.62. The Morgan fingerprint density at radius 3 is 3.10 bits per heavy atom. The largest absolute Gasteiger partial charge is 0.381 e. The first kappa shape index (κ1) is 14.2. The first-order valence-electron chi connectivity index (χ1n) is 7.56. The standard InChI is InChI=1S/C16H22N4O/c1-13-7-14(4-5-16(13)20-12-18-11-19-20)8-17-9-15-3-2-6-21-10-15/h4-5,7,11-12,15,17H,2-3,6,8-10H2,1H3. The molecule has 1 atom stereocenters. The van der Waals surface area contributed by atoms with Crippen molar-refractivity contribution in [3.05, 3.63) is 42.0 Å². The fraction of sp³-hybridized carbons (Fsp3) is 0.500. The number of nitrogens with zero attached hydrogens (tertiary/aromatic N) is 3. The van der Waals surface area contributed by atoms with Gasteiger partial charge in [-0.05, 0) is 42.9 Å². The number of hydrogen-bond acceptors (Lipinski definition) is 4. The molecule has 1 saturated heterocycles.